The Morgan fingerprint density at radius 3 is 2.65 bits per heavy atom. The van der Waals surface area contributed by atoms with Gasteiger partial charge in [-0.3, -0.25) is 4.72 Å². The van der Waals surface area contributed by atoms with Crippen molar-refractivity contribution in [3.8, 4) is 0 Å². The van der Waals surface area contributed by atoms with E-state index >= 15 is 0 Å². The van der Waals surface area contributed by atoms with Crippen LogP contribution in [-0.4, -0.2) is 24.5 Å². The third-order valence-corrected chi connectivity index (χ3v) is 5.36. The lowest BCUT2D eigenvalue weighted by Gasteiger charge is -2.10. The highest BCUT2D eigenvalue weighted by atomic mass is 32.2. The van der Waals surface area contributed by atoms with E-state index in [2.05, 4.69) is 9.71 Å². The molecule has 2 aromatic rings. The van der Waals surface area contributed by atoms with E-state index in [4.69, 9.17) is 5.11 Å². The van der Waals surface area contributed by atoms with E-state index in [1.54, 1.807) is 26.0 Å². The number of nitrogens with zero attached hydrogens (tertiary/aromatic N) is 1. The molecule has 0 radical (unpaired) electrons. The average Bonchev–Trinajstić information content (AvgIpc) is 2.75. The number of hydrogen-bond acceptors (Lipinski definition) is 5. The minimum absolute atomic E-state index is 0.189. The van der Waals surface area contributed by atoms with E-state index in [1.807, 2.05) is 0 Å². The third-order valence-electron chi connectivity index (χ3n) is 2.62. The van der Waals surface area contributed by atoms with E-state index in [-0.39, 0.29) is 15.6 Å². The van der Waals surface area contributed by atoms with Gasteiger partial charge in [-0.05, 0) is 36.4 Å². The number of aromatic nitrogens is 1. The number of carboxylic acids is 1. The number of carboxylic acid groups (broad SMARTS) is 1. The van der Waals surface area contributed by atoms with Crippen molar-refractivity contribution >= 4 is 33.1 Å². The van der Waals surface area contributed by atoms with Crippen LogP contribution in [0.5, 0.6) is 0 Å². The molecule has 2 heterocycles. The molecule has 0 aliphatic heterocycles. The van der Waals surface area contributed by atoms with Crippen LogP contribution in [0.25, 0.3) is 0 Å². The van der Waals surface area contributed by atoms with Crippen LogP contribution in [0.3, 0.4) is 0 Å². The summed E-state index contributed by atoms with van der Waals surface area (Å²) in [4.78, 5) is 14.6. The van der Waals surface area contributed by atoms with Crippen LogP contribution >= 0.6 is 11.3 Å². The minimum atomic E-state index is -3.98. The summed E-state index contributed by atoms with van der Waals surface area (Å²) in [7, 11) is -3.98. The van der Waals surface area contributed by atoms with Gasteiger partial charge in [-0.15, -0.1) is 11.3 Å². The summed E-state index contributed by atoms with van der Waals surface area (Å²) in [6, 6.07) is 3.40. The van der Waals surface area contributed by atoms with Crippen LogP contribution in [0, 0.1) is 13.8 Å². The summed E-state index contributed by atoms with van der Waals surface area (Å²) in [5.74, 6) is -1.07. The number of thiophene rings is 1. The first-order valence-corrected chi connectivity index (χ1v) is 7.95. The first-order valence-electron chi connectivity index (χ1n) is 5.58. The monoisotopic (exact) mass is 312 g/mol. The maximum atomic E-state index is 12.4. The zero-order chi connectivity index (χ0) is 14.9. The maximum absolute atomic E-state index is 12.4. The Bertz CT molecular complexity index is 766. The number of carbonyl (C=O) groups is 1. The molecule has 0 amide bonds. The summed E-state index contributed by atoms with van der Waals surface area (Å²) < 4.78 is 27.0. The van der Waals surface area contributed by atoms with Crippen molar-refractivity contribution in [3.63, 3.8) is 0 Å². The summed E-state index contributed by atoms with van der Waals surface area (Å²) >= 11 is 0.887. The molecule has 0 aliphatic carbocycles. The van der Waals surface area contributed by atoms with Crippen LogP contribution in [0.2, 0.25) is 0 Å². The van der Waals surface area contributed by atoms with Crippen LogP contribution in [0.15, 0.2) is 28.6 Å². The molecule has 0 spiro atoms. The van der Waals surface area contributed by atoms with Gasteiger partial charge in [0.2, 0.25) is 0 Å². The summed E-state index contributed by atoms with van der Waals surface area (Å²) in [5.41, 5.74) is 1.05. The number of aryl methyl sites for hydroxylation is 2. The van der Waals surface area contributed by atoms with Gasteiger partial charge in [-0.2, -0.15) is 0 Å². The van der Waals surface area contributed by atoms with Crippen LogP contribution in [0.1, 0.15) is 20.8 Å². The quantitative estimate of drug-likeness (QED) is 0.902. The smallest absolute Gasteiger partial charge is 0.347 e. The molecule has 0 aliphatic rings. The lowest BCUT2D eigenvalue weighted by molar-refractivity contribution is 0.0698. The predicted octanol–water partition coefficient (Wildman–Crippen LogP) is 2.26. The number of sulfonamides is 1. The maximum Gasteiger partial charge on any atom is 0.347 e. The number of anilines is 1. The molecule has 0 aromatic carbocycles. The number of pyridine rings is 1. The Morgan fingerprint density at radius 1 is 1.35 bits per heavy atom. The standard InChI is InChI=1S/C12H12N2O4S2/c1-7-4-3-5-13-11(7)14-20(17,18)10-8(2)6-19-9(10)12(15)16/h3-6H,1-2H3,(H,13,14)(H,15,16). The molecule has 2 aromatic heterocycles. The molecule has 20 heavy (non-hydrogen) atoms. The van der Waals surface area contributed by atoms with Crippen molar-refractivity contribution in [1.29, 1.82) is 0 Å². The molecular formula is C12H12N2O4S2. The van der Waals surface area contributed by atoms with Gasteiger partial charge >= 0.3 is 5.97 Å². The van der Waals surface area contributed by atoms with Crippen molar-refractivity contribution in [2.45, 2.75) is 18.7 Å². The average molecular weight is 312 g/mol. The highest BCUT2D eigenvalue weighted by Crippen LogP contribution is 2.28. The van der Waals surface area contributed by atoms with E-state index in [0.29, 0.717) is 11.1 Å². The normalized spacial score (nSPS) is 11.3. The van der Waals surface area contributed by atoms with E-state index in [9.17, 15) is 13.2 Å². The van der Waals surface area contributed by atoms with Gasteiger partial charge in [0.15, 0.2) is 0 Å². The summed E-state index contributed by atoms with van der Waals surface area (Å²) in [5, 5.41) is 10.6. The van der Waals surface area contributed by atoms with Crippen molar-refractivity contribution in [2.24, 2.45) is 0 Å². The molecule has 0 fully saturated rings. The zero-order valence-electron chi connectivity index (χ0n) is 10.7. The highest BCUT2D eigenvalue weighted by molar-refractivity contribution is 7.93. The van der Waals surface area contributed by atoms with Gasteiger partial charge in [0, 0.05) is 6.20 Å². The Kier molecular flexibility index (Phi) is 3.78. The first-order chi connectivity index (χ1) is 9.33. The van der Waals surface area contributed by atoms with Crippen molar-refractivity contribution in [1.82, 2.24) is 4.98 Å². The molecule has 106 valence electrons. The number of rotatable bonds is 4. The fourth-order valence-corrected chi connectivity index (χ4v) is 4.40. The minimum Gasteiger partial charge on any atom is -0.477 e. The first kappa shape index (κ1) is 14.5. The van der Waals surface area contributed by atoms with Gasteiger partial charge in [0.05, 0.1) is 0 Å². The Labute approximate surface area is 120 Å². The molecule has 0 bridgehead atoms. The molecule has 2 rings (SSSR count). The van der Waals surface area contributed by atoms with E-state index in [0.717, 1.165) is 11.3 Å². The molecule has 6 nitrogen and oxygen atoms in total. The lowest BCUT2D eigenvalue weighted by Crippen LogP contribution is -2.17. The molecule has 0 atom stereocenters. The summed E-state index contributed by atoms with van der Waals surface area (Å²) in [6.07, 6.45) is 1.46. The number of hydrogen-bond donors (Lipinski definition) is 2. The van der Waals surface area contributed by atoms with Crippen molar-refractivity contribution in [3.05, 3.63) is 39.7 Å². The van der Waals surface area contributed by atoms with Crippen LogP contribution in [-0.2, 0) is 10.0 Å². The van der Waals surface area contributed by atoms with Crippen LogP contribution < -0.4 is 4.72 Å². The molecule has 2 N–H and O–H groups in total. The number of aromatic carboxylic acids is 1. The SMILES string of the molecule is Cc1cccnc1NS(=O)(=O)c1c(C)csc1C(=O)O. The fraction of sp³-hybridized carbons (Fsp3) is 0.167. The van der Waals surface area contributed by atoms with Gasteiger partial charge in [-0.1, -0.05) is 6.07 Å². The topological polar surface area (TPSA) is 96.4 Å². The Balaban J connectivity index is 2.49. The van der Waals surface area contributed by atoms with E-state index in [1.165, 1.54) is 11.6 Å². The second-order valence-corrected chi connectivity index (χ2v) is 6.66. The fourth-order valence-electron chi connectivity index (χ4n) is 1.69. The molecule has 0 saturated heterocycles. The van der Waals surface area contributed by atoms with Gasteiger partial charge < -0.3 is 5.11 Å². The Morgan fingerprint density at radius 2 is 2.05 bits per heavy atom. The number of nitrogens with one attached hydrogen (secondary N) is 1. The largest absolute Gasteiger partial charge is 0.477 e. The molecular weight excluding hydrogens is 300 g/mol. The van der Waals surface area contributed by atoms with Crippen LogP contribution in [0.4, 0.5) is 5.82 Å². The summed E-state index contributed by atoms with van der Waals surface area (Å²) in [6.45, 7) is 3.27. The van der Waals surface area contributed by atoms with Crippen molar-refractivity contribution in [2.75, 3.05) is 4.72 Å². The second kappa shape index (κ2) is 5.22. The van der Waals surface area contributed by atoms with Gasteiger partial charge in [0.25, 0.3) is 10.0 Å². The zero-order valence-corrected chi connectivity index (χ0v) is 12.4. The van der Waals surface area contributed by atoms with Crippen molar-refractivity contribution < 1.29 is 18.3 Å². The Hall–Kier alpha value is -1.93. The predicted molar refractivity (Wildman–Crippen MR) is 75.8 cm³/mol. The van der Waals surface area contributed by atoms with Gasteiger partial charge in [-0.25, -0.2) is 18.2 Å². The van der Waals surface area contributed by atoms with E-state index < -0.39 is 16.0 Å². The van der Waals surface area contributed by atoms with Gasteiger partial charge in [0.1, 0.15) is 15.6 Å². The molecule has 0 unspecified atom stereocenters. The molecule has 8 heteroatoms. The second-order valence-electron chi connectivity index (χ2n) is 4.16. The molecule has 0 saturated carbocycles. The highest BCUT2D eigenvalue weighted by Gasteiger charge is 2.27. The lowest BCUT2D eigenvalue weighted by atomic mass is 10.3. The third kappa shape index (κ3) is 2.66.